The number of unbranched alkanes of at least 4 members (excludes halogenated alkanes) is 2. The van der Waals surface area contributed by atoms with Crippen molar-refractivity contribution in [2.45, 2.75) is 52.1 Å². The van der Waals surface area contributed by atoms with Crippen LogP contribution in [0.5, 0.6) is 0 Å². The summed E-state index contributed by atoms with van der Waals surface area (Å²) < 4.78 is 0. The van der Waals surface area contributed by atoms with Crippen LogP contribution in [0.4, 0.5) is 0 Å². The molecule has 2 radical (unpaired) electrons. The predicted octanol–water partition coefficient (Wildman–Crippen LogP) is 11.2. The minimum Gasteiger partial charge on any atom is -0.179 e. The van der Waals surface area contributed by atoms with E-state index in [4.69, 9.17) is 17.0 Å². The molecule has 39 heavy (non-hydrogen) atoms. The zero-order valence-corrected chi connectivity index (χ0v) is 28.1. The first-order valence-corrected chi connectivity index (χ1v) is 21.9. The largest absolute Gasteiger partial charge is 0.179 e. The van der Waals surface area contributed by atoms with E-state index in [1.165, 1.54) is 75.4 Å². The molecule has 0 bridgehead atoms. The van der Waals surface area contributed by atoms with Gasteiger partial charge in [-0.15, -0.1) is 40.1 Å². The van der Waals surface area contributed by atoms with E-state index in [2.05, 4.69) is 123 Å². The molecular weight excluding hydrogens is 611 g/mol. The first-order valence-electron chi connectivity index (χ1n) is 13.5. The van der Waals surface area contributed by atoms with E-state index < -0.39 is 20.8 Å². The summed E-state index contributed by atoms with van der Waals surface area (Å²) in [5.74, 6) is 0. The molecule has 198 valence electrons. The van der Waals surface area contributed by atoms with Crippen LogP contribution in [0.15, 0.2) is 103 Å². The Morgan fingerprint density at radius 2 is 1.49 bits per heavy atom. The van der Waals surface area contributed by atoms with E-state index in [0.29, 0.717) is 0 Å². The molecule has 6 rings (SSSR count). The number of hydrogen-bond acceptors (Lipinski definition) is 0. The monoisotopic (exact) mass is 644 g/mol. The van der Waals surface area contributed by atoms with Crippen molar-refractivity contribution in [2.75, 3.05) is 0 Å². The fourth-order valence-corrected chi connectivity index (χ4v) is 4.89. The Morgan fingerprint density at radius 3 is 2.23 bits per heavy atom. The van der Waals surface area contributed by atoms with Gasteiger partial charge in [0, 0.05) is 9.52 Å². The Balaban J connectivity index is 0.000000189. The second-order valence-corrected chi connectivity index (χ2v) is 14.2. The van der Waals surface area contributed by atoms with Gasteiger partial charge in [-0.05, 0) is 18.4 Å². The zero-order chi connectivity index (χ0) is 27.9. The molecule has 0 aliphatic heterocycles. The maximum Gasteiger partial charge on any atom is -0.0253 e. The van der Waals surface area contributed by atoms with E-state index >= 15 is 0 Å². The molecule has 1 aliphatic carbocycles. The average Bonchev–Trinajstić information content (AvgIpc) is 3.56. The van der Waals surface area contributed by atoms with Gasteiger partial charge < -0.3 is 0 Å². The summed E-state index contributed by atoms with van der Waals surface area (Å²) in [4.78, 5) is 0. The number of hydrogen-bond donors (Lipinski definition) is 0. The summed E-state index contributed by atoms with van der Waals surface area (Å²) in [5, 5.41) is 2.77. The second kappa shape index (κ2) is 17.8. The van der Waals surface area contributed by atoms with E-state index in [0.717, 1.165) is 15.9 Å². The third-order valence-corrected chi connectivity index (χ3v) is 6.58. The molecule has 0 amide bonds. The molecule has 1 aliphatic rings. The third-order valence-electron chi connectivity index (χ3n) is 6.58. The molecule has 0 spiro atoms. The molecule has 0 saturated heterocycles. The maximum atomic E-state index is 4.93. The van der Waals surface area contributed by atoms with Crippen LogP contribution in [0.1, 0.15) is 42.9 Å². The van der Waals surface area contributed by atoms with Crippen molar-refractivity contribution in [3.8, 4) is 22.3 Å². The van der Waals surface area contributed by atoms with Crippen LogP contribution in [-0.4, -0.2) is 9.52 Å². The van der Waals surface area contributed by atoms with Gasteiger partial charge in [0.2, 0.25) is 0 Å². The molecule has 0 atom stereocenters. The molecule has 0 saturated carbocycles. The number of halogens is 2. The molecule has 0 aromatic heterocycles. The Hall–Kier alpha value is -1.83. The van der Waals surface area contributed by atoms with E-state index in [9.17, 15) is 0 Å². The van der Waals surface area contributed by atoms with Crippen molar-refractivity contribution in [2.24, 2.45) is 0 Å². The summed E-state index contributed by atoms with van der Waals surface area (Å²) in [5.41, 5.74) is 9.65. The summed E-state index contributed by atoms with van der Waals surface area (Å²) in [6, 6.07) is 40.2. The standard InChI is InChI=1S/C20H21.C13H9.C2H6Si.2ClH.Zr/c1-2-3-5-9-16-14-18-12-8-13-19(20(18)15-16)17-10-6-4-7-11-17;1-3-7-12-10(5-1)9-11-6-2-4-8-13(11)12;1-3-2;;;/h4,6-8,10-15H,2-3,5,9H2,1H3;1-5,7-8H,9H2;1-2H3;2*1H;/q2*-1;;;;+4/p-2. The number of benzene rings is 4. The Bertz CT molecular complexity index is 1350. The molecule has 4 heteroatoms. The van der Waals surface area contributed by atoms with Gasteiger partial charge in [0.25, 0.3) is 0 Å². The Kier molecular flexibility index (Phi) is 14.4. The van der Waals surface area contributed by atoms with Gasteiger partial charge in [-0.2, -0.15) is 35.9 Å². The first-order chi connectivity index (χ1) is 19.2. The van der Waals surface area contributed by atoms with Crippen molar-refractivity contribution in [3.05, 3.63) is 126 Å². The van der Waals surface area contributed by atoms with Crippen molar-refractivity contribution in [1.29, 1.82) is 0 Å². The second-order valence-electron chi connectivity index (χ2n) is 9.46. The molecule has 5 aromatic rings. The van der Waals surface area contributed by atoms with Gasteiger partial charge >= 0.3 is 37.9 Å². The minimum atomic E-state index is -0.826. The Labute approximate surface area is 256 Å². The van der Waals surface area contributed by atoms with Gasteiger partial charge in [-0.25, -0.2) is 0 Å². The number of fused-ring (bicyclic) bond motifs is 4. The van der Waals surface area contributed by atoms with Crippen molar-refractivity contribution < 1.29 is 20.8 Å². The quantitative estimate of drug-likeness (QED) is 0.0993. The normalized spacial score (nSPS) is 10.5. The Morgan fingerprint density at radius 1 is 0.821 bits per heavy atom. The molecule has 0 nitrogen and oxygen atoms in total. The fourth-order valence-electron chi connectivity index (χ4n) is 4.89. The molecule has 5 aromatic carbocycles. The zero-order valence-electron chi connectivity index (χ0n) is 23.1. The number of rotatable bonds is 5. The SMILES string of the molecule is CCCCCc1cc2c(-c3ccccc3)cccc2[cH-]1.C[Si]C.[Cl][Zr+2][Cl].[c-]1cccc2c1Cc1ccccc1-2. The van der Waals surface area contributed by atoms with Gasteiger partial charge in [-0.1, -0.05) is 117 Å². The van der Waals surface area contributed by atoms with Crippen LogP contribution in [0.2, 0.25) is 13.1 Å². The molecular formula is C35H36Cl2SiZr. The first kappa shape index (κ1) is 31.7. The summed E-state index contributed by atoms with van der Waals surface area (Å²) in [6.45, 7) is 6.56. The summed E-state index contributed by atoms with van der Waals surface area (Å²) in [7, 11) is 11.0. The van der Waals surface area contributed by atoms with Crippen LogP contribution in [-0.2, 0) is 33.7 Å². The third kappa shape index (κ3) is 9.36. The molecule has 0 fully saturated rings. The summed E-state index contributed by atoms with van der Waals surface area (Å²) in [6.07, 6.45) is 6.17. The van der Waals surface area contributed by atoms with Gasteiger partial charge in [0.15, 0.2) is 0 Å². The van der Waals surface area contributed by atoms with Crippen LogP contribution in [0.3, 0.4) is 0 Å². The van der Waals surface area contributed by atoms with Crippen molar-refractivity contribution >= 4 is 37.3 Å². The minimum absolute atomic E-state index is 0.826. The van der Waals surface area contributed by atoms with Gasteiger partial charge in [0.05, 0.1) is 0 Å². The van der Waals surface area contributed by atoms with E-state index in [1.807, 2.05) is 6.07 Å². The van der Waals surface area contributed by atoms with Crippen molar-refractivity contribution in [1.82, 2.24) is 0 Å². The van der Waals surface area contributed by atoms with Crippen LogP contribution in [0, 0.1) is 6.07 Å². The molecule has 0 heterocycles. The number of aryl methyl sites for hydroxylation is 1. The fraction of sp³-hybridized carbons (Fsp3) is 0.229. The topological polar surface area (TPSA) is 0 Å². The van der Waals surface area contributed by atoms with Gasteiger partial charge in [-0.3, -0.25) is 0 Å². The predicted molar refractivity (Wildman–Crippen MR) is 171 cm³/mol. The van der Waals surface area contributed by atoms with Crippen LogP contribution < -0.4 is 0 Å². The summed E-state index contributed by atoms with van der Waals surface area (Å²) >= 11 is -0.826. The smallest absolute Gasteiger partial charge is 0.0253 e. The van der Waals surface area contributed by atoms with E-state index in [1.54, 1.807) is 0 Å². The molecule has 0 N–H and O–H groups in total. The average molecular weight is 647 g/mol. The van der Waals surface area contributed by atoms with Gasteiger partial charge in [0.1, 0.15) is 0 Å². The van der Waals surface area contributed by atoms with Crippen LogP contribution >= 0.6 is 17.0 Å². The van der Waals surface area contributed by atoms with Crippen LogP contribution in [0.25, 0.3) is 33.0 Å². The van der Waals surface area contributed by atoms with E-state index in [-0.39, 0.29) is 0 Å². The molecule has 0 unspecified atom stereocenters. The van der Waals surface area contributed by atoms with Crippen molar-refractivity contribution in [3.63, 3.8) is 0 Å². The maximum absolute atomic E-state index is 4.93.